The molecule has 30 heavy (non-hydrogen) atoms. The number of ketones is 1. The second kappa shape index (κ2) is 7.63. The van der Waals surface area contributed by atoms with Gasteiger partial charge in [0.15, 0.2) is 0 Å². The van der Waals surface area contributed by atoms with Crippen LogP contribution < -0.4 is 0 Å². The zero-order valence-electron chi connectivity index (χ0n) is 19.2. The van der Waals surface area contributed by atoms with Crippen molar-refractivity contribution in [2.24, 2.45) is 40.4 Å². The summed E-state index contributed by atoms with van der Waals surface area (Å²) >= 11 is 0. The molecule has 0 aromatic carbocycles. The van der Waals surface area contributed by atoms with Gasteiger partial charge in [-0.2, -0.15) is 0 Å². The normalized spacial score (nSPS) is 47.4. The average Bonchev–Trinajstić information content (AvgIpc) is 2.99. The van der Waals surface area contributed by atoms with Gasteiger partial charge in [-0.1, -0.05) is 13.8 Å². The van der Waals surface area contributed by atoms with Crippen LogP contribution in [0.1, 0.15) is 86.0 Å². The van der Waals surface area contributed by atoms with Crippen molar-refractivity contribution < 1.29 is 23.9 Å². The lowest BCUT2D eigenvalue weighted by Gasteiger charge is -2.62. The van der Waals surface area contributed by atoms with Gasteiger partial charge < -0.3 is 9.47 Å². The monoisotopic (exact) mass is 418 g/mol. The van der Waals surface area contributed by atoms with E-state index in [1.807, 2.05) is 0 Å². The highest BCUT2D eigenvalue weighted by Crippen LogP contribution is 2.68. The van der Waals surface area contributed by atoms with Gasteiger partial charge in [0.1, 0.15) is 18.0 Å². The van der Waals surface area contributed by atoms with Crippen molar-refractivity contribution in [1.82, 2.24) is 0 Å². The van der Waals surface area contributed by atoms with Crippen molar-refractivity contribution in [1.29, 1.82) is 0 Å². The summed E-state index contributed by atoms with van der Waals surface area (Å²) in [6.07, 6.45) is 7.83. The van der Waals surface area contributed by atoms with E-state index in [0.29, 0.717) is 29.5 Å². The molecule has 0 aliphatic heterocycles. The SMILES string of the molecule is CC(=O)O[C@@H]1CC[C@@]2(C)[C@H](C1)C[C@@H](OC(C)=O)[C@@H]1[C@@H]2CC[C@]2(C)[C@@H](C(C)=O)CC[C@@H]12. The molecule has 4 saturated carbocycles. The summed E-state index contributed by atoms with van der Waals surface area (Å²) in [5, 5.41) is 0. The van der Waals surface area contributed by atoms with E-state index in [1.165, 1.54) is 13.8 Å². The summed E-state index contributed by atoms with van der Waals surface area (Å²) in [5.41, 5.74) is 0.219. The van der Waals surface area contributed by atoms with E-state index >= 15 is 0 Å². The average molecular weight is 419 g/mol. The van der Waals surface area contributed by atoms with Gasteiger partial charge in [-0.15, -0.1) is 0 Å². The predicted molar refractivity (Wildman–Crippen MR) is 112 cm³/mol. The Labute approximate surface area is 180 Å². The fourth-order valence-electron chi connectivity index (χ4n) is 8.50. The minimum Gasteiger partial charge on any atom is -0.463 e. The van der Waals surface area contributed by atoms with Gasteiger partial charge in [0.05, 0.1) is 0 Å². The molecule has 0 N–H and O–H groups in total. The Bertz CT molecular complexity index is 731. The van der Waals surface area contributed by atoms with E-state index in [-0.39, 0.29) is 40.9 Å². The number of ether oxygens (including phenoxy) is 2. The van der Waals surface area contributed by atoms with Crippen LogP contribution in [0.2, 0.25) is 0 Å². The van der Waals surface area contributed by atoms with E-state index in [9.17, 15) is 14.4 Å². The molecule has 168 valence electrons. The Morgan fingerprint density at radius 1 is 0.767 bits per heavy atom. The second-order valence-corrected chi connectivity index (χ2v) is 11.2. The highest BCUT2D eigenvalue weighted by molar-refractivity contribution is 5.79. The molecule has 4 aliphatic carbocycles. The third-order valence-electron chi connectivity index (χ3n) is 9.75. The third kappa shape index (κ3) is 3.40. The van der Waals surface area contributed by atoms with Crippen molar-refractivity contribution in [2.45, 2.75) is 98.2 Å². The number of hydrogen-bond donors (Lipinski definition) is 0. The van der Waals surface area contributed by atoms with Crippen LogP contribution in [0.4, 0.5) is 0 Å². The highest BCUT2D eigenvalue weighted by atomic mass is 16.5. The van der Waals surface area contributed by atoms with Gasteiger partial charge in [0.2, 0.25) is 0 Å². The van der Waals surface area contributed by atoms with Gasteiger partial charge in [0, 0.05) is 25.7 Å². The molecule has 0 saturated heterocycles. The summed E-state index contributed by atoms with van der Waals surface area (Å²) in [4.78, 5) is 36.0. The Kier molecular flexibility index (Phi) is 5.55. The third-order valence-corrected chi connectivity index (χ3v) is 9.75. The van der Waals surface area contributed by atoms with Crippen molar-refractivity contribution >= 4 is 17.7 Å². The van der Waals surface area contributed by atoms with Crippen molar-refractivity contribution in [3.63, 3.8) is 0 Å². The molecule has 5 heteroatoms. The lowest BCUT2D eigenvalue weighted by atomic mass is 9.44. The Morgan fingerprint density at radius 2 is 1.40 bits per heavy atom. The van der Waals surface area contributed by atoms with E-state index < -0.39 is 0 Å². The van der Waals surface area contributed by atoms with Crippen LogP contribution in [-0.4, -0.2) is 29.9 Å². The largest absolute Gasteiger partial charge is 0.463 e. The van der Waals surface area contributed by atoms with Crippen LogP contribution in [-0.2, 0) is 23.9 Å². The van der Waals surface area contributed by atoms with Crippen molar-refractivity contribution in [3.8, 4) is 0 Å². The first-order valence-corrected chi connectivity index (χ1v) is 11.9. The van der Waals surface area contributed by atoms with Crippen molar-refractivity contribution in [3.05, 3.63) is 0 Å². The van der Waals surface area contributed by atoms with E-state index in [4.69, 9.17) is 9.47 Å². The molecule has 0 amide bonds. The van der Waals surface area contributed by atoms with E-state index in [1.54, 1.807) is 6.92 Å². The zero-order valence-corrected chi connectivity index (χ0v) is 19.2. The van der Waals surface area contributed by atoms with Crippen molar-refractivity contribution in [2.75, 3.05) is 0 Å². The molecule has 4 rings (SSSR count). The number of Topliss-reactive ketones (excluding diaryl/α,β-unsaturated/α-hetero) is 1. The van der Waals surface area contributed by atoms with E-state index in [0.717, 1.165) is 51.4 Å². The van der Waals surface area contributed by atoms with Crippen LogP contribution >= 0.6 is 0 Å². The first-order chi connectivity index (χ1) is 14.1. The fraction of sp³-hybridized carbons (Fsp3) is 0.880. The lowest BCUT2D eigenvalue weighted by molar-refractivity contribution is -0.196. The van der Waals surface area contributed by atoms with Crippen LogP contribution in [0.15, 0.2) is 0 Å². The standard InChI is InChI=1S/C25H38O5/c1-14(26)19-6-7-20-23-21(9-11-25(19,20)5)24(4)10-8-18(29-15(2)27)12-17(24)13-22(23)30-16(3)28/h17-23H,6-13H2,1-5H3/t17-,18-,19-,20+,21+,22-,23+,24+,25-/m1/s1. The van der Waals surface area contributed by atoms with Gasteiger partial charge in [0.25, 0.3) is 0 Å². The minimum atomic E-state index is -0.205. The molecule has 4 fully saturated rings. The summed E-state index contributed by atoms with van der Waals surface area (Å²) in [5.74, 6) is 1.74. The Balaban J connectivity index is 1.65. The second-order valence-electron chi connectivity index (χ2n) is 11.2. The molecule has 0 unspecified atom stereocenters. The molecule has 0 aromatic rings. The van der Waals surface area contributed by atoms with Gasteiger partial charge >= 0.3 is 11.9 Å². The molecular weight excluding hydrogens is 380 g/mol. The number of fused-ring (bicyclic) bond motifs is 5. The molecule has 0 heterocycles. The smallest absolute Gasteiger partial charge is 0.302 e. The molecular formula is C25H38O5. The molecule has 0 aromatic heterocycles. The van der Waals surface area contributed by atoms with Gasteiger partial charge in [-0.25, -0.2) is 0 Å². The first-order valence-electron chi connectivity index (χ1n) is 11.9. The quantitative estimate of drug-likeness (QED) is 0.621. The highest BCUT2D eigenvalue weighted by Gasteiger charge is 2.64. The first kappa shape index (κ1) is 21.8. The summed E-state index contributed by atoms with van der Waals surface area (Å²) < 4.78 is 11.6. The summed E-state index contributed by atoms with van der Waals surface area (Å²) in [6, 6.07) is 0. The zero-order chi connectivity index (χ0) is 21.8. The fourth-order valence-corrected chi connectivity index (χ4v) is 8.50. The van der Waals surface area contributed by atoms with Gasteiger partial charge in [-0.3, -0.25) is 14.4 Å². The number of rotatable bonds is 3. The van der Waals surface area contributed by atoms with E-state index in [2.05, 4.69) is 13.8 Å². The predicted octanol–water partition coefficient (Wildman–Crippen LogP) is 4.71. The molecule has 4 aliphatic rings. The number of hydrogen-bond acceptors (Lipinski definition) is 5. The maximum atomic E-state index is 12.4. The topological polar surface area (TPSA) is 69.7 Å². The van der Waals surface area contributed by atoms with Crippen LogP contribution in [0.5, 0.6) is 0 Å². The Morgan fingerprint density at radius 3 is 2.03 bits per heavy atom. The number of carbonyl (C=O) groups excluding carboxylic acids is 3. The molecule has 0 radical (unpaired) electrons. The molecule has 0 bridgehead atoms. The number of carbonyl (C=O) groups is 3. The van der Waals surface area contributed by atoms with Crippen LogP contribution in [0.25, 0.3) is 0 Å². The molecule has 5 nitrogen and oxygen atoms in total. The number of esters is 2. The Hall–Kier alpha value is -1.39. The molecule has 0 spiro atoms. The van der Waals surface area contributed by atoms with Crippen LogP contribution in [0.3, 0.4) is 0 Å². The lowest BCUT2D eigenvalue weighted by Crippen LogP contribution is -2.59. The maximum Gasteiger partial charge on any atom is 0.302 e. The molecule has 9 atom stereocenters. The summed E-state index contributed by atoms with van der Waals surface area (Å²) in [7, 11) is 0. The van der Waals surface area contributed by atoms with Gasteiger partial charge in [-0.05, 0) is 86.9 Å². The summed E-state index contributed by atoms with van der Waals surface area (Å²) in [6.45, 7) is 9.51. The maximum absolute atomic E-state index is 12.4. The van der Waals surface area contributed by atoms with Crippen LogP contribution in [0, 0.1) is 40.4 Å². The minimum absolute atomic E-state index is 0.0162.